The van der Waals surface area contributed by atoms with E-state index >= 15 is 0 Å². The number of hydrogen-bond donors (Lipinski definition) is 1. The van der Waals surface area contributed by atoms with Crippen LogP contribution in [0, 0.1) is 0 Å². The predicted molar refractivity (Wildman–Crippen MR) is 69.1 cm³/mol. The maximum Gasteiger partial charge on any atom is 0.244 e. The Balaban J connectivity index is 2.81. The van der Waals surface area contributed by atoms with Crippen LogP contribution in [0.5, 0.6) is 5.88 Å². The minimum atomic E-state index is -3.43. The molecule has 7 heteroatoms. The molecule has 6 nitrogen and oxygen atoms in total. The van der Waals surface area contributed by atoms with Gasteiger partial charge >= 0.3 is 0 Å². The minimum absolute atomic E-state index is 0.0289. The molecule has 0 aliphatic heterocycles. The second-order valence-corrected chi connectivity index (χ2v) is 6.26. The normalized spacial score (nSPS) is 13.6. The van der Waals surface area contributed by atoms with E-state index in [-0.39, 0.29) is 11.0 Å². The van der Waals surface area contributed by atoms with Gasteiger partial charge in [0.2, 0.25) is 15.9 Å². The van der Waals surface area contributed by atoms with Gasteiger partial charge in [0, 0.05) is 26.7 Å². The summed E-state index contributed by atoms with van der Waals surface area (Å²) in [4.78, 5) is 4.15. The van der Waals surface area contributed by atoms with Crippen molar-refractivity contribution in [2.75, 3.05) is 27.7 Å². The molecular formula is C11H19N3O3S. The second-order valence-electron chi connectivity index (χ2n) is 4.11. The Morgan fingerprint density at radius 1 is 1.44 bits per heavy atom. The number of hydrogen-bond acceptors (Lipinski definition) is 5. The van der Waals surface area contributed by atoms with Gasteiger partial charge in [-0.25, -0.2) is 17.7 Å². The number of nitrogens with zero attached hydrogens (tertiary/aromatic N) is 2. The van der Waals surface area contributed by atoms with Crippen molar-refractivity contribution in [1.82, 2.24) is 14.6 Å². The van der Waals surface area contributed by atoms with Crippen LogP contribution in [0.15, 0.2) is 23.2 Å². The smallest absolute Gasteiger partial charge is 0.244 e. The van der Waals surface area contributed by atoms with Gasteiger partial charge in [0.15, 0.2) is 0 Å². The average molecular weight is 273 g/mol. The van der Waals surface area contributed by atoms with Crippen LogP contribution < -0.4 is 10.1 Å². The summed E-state index contributed by atoms with van der Waals surface area (Å²) < 4.78 is 30.3. The van der Waals surface area contributed by atoms with E-state index < -0.39 is 10.0 Å². The average Bonchev–Trinajstić information content (AvgIpc) is 2.29. The molecule has 0 fully saturated rings. The van der Waals surface area contributed by atoms with E-state index in [1.165, 1.54) is 26.4 Å². The van der Waals surface area contributed by atoms with Gasteiger partial charge in [-0.05, 0) is 20.0 Å². The quantitative estimate of drug-likeness (QED) is 0.808. The van der Waals surface area contributed by atoms with Crippen LogP contribution in [0.3, 0.4) is 0 Å². The topological polar surface area (TPSA) is 71.5 Å². The summed E-state index contributed by atoms with van der Waals surface area (Å²) in [5.41, 5.74) is 0. The summed E-state index contributed by atoms with van der Waals surface area (Å²) in [6.45, 7) is 2.60. The Morgan fingerprint density at radius 2 is 2.11 bits per heavy atom. The highest BCUT2D eigenvalue weighted by atomic mass is 32.2. The summed E-state index contributed by atoms with van der Waals surface area (Å²) >= 11 is 0. The highest BCUT2D eigenvalue weighted by molar-refractivity contribution is 7.89. The van der Waals surface area contributed by atoms with E-state index in [1.54, 1.807) is 6.07 Å². The van der Waals surface area contributed by atoms with Crippen molar-refractivity contribution >= 4 is 10.0 Å². The molecule has 0 spiro atoms. The molecule has 102 valence electrons. The van der Waals surface area contributed by atoms with Crippen molar-refractivity contribution < 1.29 is 13.2 Å². The molecule has 0 saturated carbocycles. The van der Waals surface area contributed by atoms with E-state index in [4.69, 9.17) is 4.74 Å². The minimum Gasteiger partial charge on any atom is -0.473 e. The summed E-state index contributed by atoms with van der Waals surface area (Å²) in [7, 11) is 1.37. The molecule has 1 atom stereocenters. The van der Waals surface area contributed by atoms with Crippen molar-refractivity contribution in [3.8, 4) is 5.88 Å². The van der Waals surface area contributed by atoms with E-state index in [9.17, 15) is 8.42 Å². The largest absolute Gasteiger partial charge is 0.473 e. The van der Waals surface area contributed by atoms with Crippen LogP contribution in [0.1, 0.15) is 6.92 Å². The molecule has 0 aromatic carbocycles. The lowest BCUT2D eigenvalue weighted by Gasteiger charge is -2.14. The number of ether oxygens (including phenoxy) is 1. The summed E-state index contributed by atoms with van der Waals surface area (Å²) in [5, 5.41) is 2.98. The summed E-state index contributed by atoms with van der Waals surface area (Å²) in [6, 6.07) is 3.05. The third kappa shape index (κ3) is 3.66. The Bertz CT molecular complexity index is 471. The molecule has 1 aromatic heterocycles. The van der Waals surface area contributed by atoms with E-state index in [1.807, 2.05) is 14.0 Å². The van der Waals surface area contributed by atoms with Gasteiger partial charge in [-0.3, -0.25) is 0 Å². The van der Waals surface area contributed by atoms with Crippen LogP contribution >= 0.6 is 0 Å². The standard InChI is InChI=1S/C11H19N3O3S/c1-9(7-12-2)17-11-6-5-10(8-13-11)18(15,16)14(3)4/h5-6,8-9,12H,7H2,1-4H3. The Hall–Kier alpha value is -1.18. The molecule has 1 aromatic rings. The first-order chi connectivity index (χ1) is 8.37. The molecule has 1 heterocycles. The maximum atomic E-state index is 11.8. The number of pyridine rings is 1. The monoisotopic (exact) mass is 273 g/mol. The predicted octanol–water partition coefficient (Wildman–Crippen LogP) is 0.319. The molecular weight excluding hydrogens is 254 g/mol. The Kier molecular flexibility index (Phi) is 5.06. The molecule has 0 amide bonds. The molecule has 0 radical (unpaired) electrons. The van der Waals surface area contributed by atoms with Crippen LogP contribution in [0.25, 0.3) is 0 Å². The summed E-state index contributed by atoms with van der Waals surface area (Å²) in [6.07, 6.45) is 1.27. The number of aromatic nitrogens is 1. The van der Waals surface area contributed by atoms with Crippen molar-refractivity contribution in [1.29, 1.82) is 0 Å². The van der Waals surface area contributed by atoms with Crippen molar-refractivity contribution in [2.45, 2.75) is 17.9 Å². The van der Waals surface area contributed by atoms with E-state index in [0.29, 0.717) is 12.4 Å². The summed E-state index contributed by atoms with van der Waals surface area (Å²) in [5.74, 6) is 0.412. The van der Waals surface area contributed by atoms with Gasteiger partial charge in [-0.1, -0.05) is 0 Å². The Labute approximate surface area is 108 Å². The van der Waals surface area contributed by atoms with Crippen molar-refractivity contribution in [2.24, 2.45) is 0 Å². The van der Waals surface area contributed by atoms with Crippen molar-refractivity contribution in [3.63, 3.8) is 0 Å². The van der Waals surface area contributed by atoms with Gasteiger partial charge in [0.25, 0.3) is 0 Å². The third-order valence-electron chi connectivity index (χ3n) is 2.30. The zero-order chi connectivity index (χ0) is 13.8. The molecule has 0 bridgehead atoms. The van der Waals surface area contributed by atoms with E-state index in [0.717, 1.165) is 4.31 Å². The first-order valence-corrected chi connectivity index (χ1v) is 7.01. The molecule has 0 aliphatic rings. The van der Waals surface area contributed by atoms with E-state index in [2.05, 4.69) is 10.3 Å². The highest BCUT2D eigenvalue weighted by Gasteiger charge is 2.17. The van der Waals surface area contributed by atoms with Crippen LogP contribution in [0.4, 0.5) is 0 Å². The maximum absolute atomic E-state index is 11.8. The van der Waals surface area contributed by atoms with Gasteiger partial charge in [0.1, 0.15) is 11.0 Å². The highest BCUT2D eigenvalue weighted by Crippen LogP contribution is 2.15. The first-order valence-electron chi connectivity index (χ1n) is 5.57. The first kappa shape index (κ1) is 14.9. The van der Waals surface area contributed by atoms with Gasteiger partial charge < -0.3 is 10.1 Å². The molecule has 1 N–H and O–H groups in total. The third-order valence-corrected chi connectivity index (χ3v) is 4.10. The van der Waals surface area contributed by atoms with Gasteiger partial charge in [-0.15, -0.1) is 0 Å². The fraction of sp³-hybridized carbons (Fsp3) is 0.545. The number of rotatable bonds is 6. The van der Waals surface area contributed by atoms with Gasteiger partial charge in [-0.2, -0.15) is 0 Å². The second kappa shape index (κ2) is 6.12. The van der Waals surface area contributed by atoms with Gasteiger partial charge in [0.05, 0.1) is 6.20 Å². The van der Waals surface area contributed by atoms with Crippen LogP contribution in [-0.2, 0) is 10.0 Å². The Morgan fingerprint density at radius 3 is 2.56 bits per heavy atom. The molecule has 0 aliphatic carbocycles. The van der Waals surface area contributed by atoms with Crippen molar-refractivity contribution in [3.05, 3.63) is 18.3 Å². The SMILES string of the molecule is CNCC(C)Oc1ccc(S(=O)(=O)N(C)C)cn1. The van der Waals surface area contributed by atoms with Crippen LogP contribution in [0.2, 0.25) is 0 Å². The number of sulfonamides is 1. The number of nitrogens with one attached hydrogen (secondary N) is 1. The molecule has 1 rings (SSSR count). The number of likely N-dealkylation sites (N-methyl/N-ethyl adjacent to an activating group) is 1. The molecule has 18 heavy (non-hydrogen) atoms. The lowest BCUT2D eigenvalue weighted by Crippen LogP contribution is -2.26. The zero-order valence-corrected chi connectivity index (χ0v) is 11.9. The fourth-order valence-corrected chi connectivity index (χ4v) is 2.18. The lowest BCUT2D eigenvalue weighted by molar-refractivity contribution is 0.211. The fourth-order valence-electron chi connectivity index (χ4n) is 1.34. The molecule has 1 unspecified atom stereocenters. The van der Waals surface area contributed by atoms with Crippen LogP contribution in [-0.4, -0.2) is 51.5 Å². The zero-order valence-electron chi connectivity index (χ0n) is 11.0. The lowest BCUT2D eigenvalue weighted by atomic mass is 10.4. The molecule has 0 saturated heterocycles.